The Balaban J connectivity index is 1.68. The van der Waals surface area contributed by atoms with Gasteiger partial charge in [0.2, 0.25) is 0 Å². The summed E-state index contributed by atoms with van der Waals surface area (Å²) in [6.45, 7) is 10.2. The molecule has 1 saturated heterocycles. The van der Waals surface area contributed by atoms with Crippen LogP contribution in [-0.2, 0) is 4.74 Å². The van der Waals surface area contributed by atoms with E-state index in [0.29, 0.717) is 34.1 Å². The molecule has 0 atom stereocenters. The zero-order chi connectivity index (χ0) is 26.0. The summed E-state index contributed by atoms with van der Waals surface area (Å²) in [6.07, 6.45) is 0.309. The van der Waals surface area contributed by atoms with Gasteiger partial charge < -0.3 is 10.1 Å². The minimum atomic E-state index is -0.397. The van der Waals surface area contributed by atoms with E-state index in [1.807, 2.05) is 70.2 Å². The Kier molecular flexibility index (Phi) is 7.77. The van der Waals surface area contributed by atoms with E-state index in [1.165, 1.54) is 0 Å². The molecule has 1 amide bonds. The number of carbonyl (C=O) groups excluding carboxylic acids is 1. The van der Waals surface area contributed by atoms with E-state index in [1.54, 1.807) is 11.8 Å². The van der Waals surface area contributed by atoms with Gasteiger partial charge in [0.15, 0.2) is 5.69 Å². The molecule has 0 saturated carbocycles. The van der Waals surface area contributed by atoms with E-state index in [9.17, 15) is 4.79 Å². The molecule has 8 heteroatoms. The molecular weight excluding hydrogens is 495 g/mol. The first kappa shape index (κ1) is 26.2. The Morgan fingerprint density at radius 1 is 1.17 bits per heavy atom. The Bertz CT molecular complexity index is 1320. The lowest BCUT2D eigenvalue weighted by atomic mass is 10.0. The number of hydrogen-bond acceptors (Lipinski definition) is 4. The van der Waals surface area contributed by atoms with E-state index in [4.69, 9.17) is 33.0 Å². The Hall–Kier alpha value is -2.82. The largest absolute Gasteiger partial charge is 0.379 e. The summed E-state index contributed by atoms with van der Waals surface area (Å²) >= 11 is 12.9. The molecule has 4 rings (SSSR count). The third-order valence-corrected chi connectivity index (χ3v) is 6.47. The standard InChI is InChI=1S/C28H30Cl2N4O2/c1-18-25(27(35)31-28(2,3)4)32-34(26(18)20-9-11-21(29)12-10-20)24-13-8-19(15-23(24)30)7-6-14-33-16-22(17-33)36-5/h8-13,15,22H,14,16-17H2,1-5H3,(H,31,35). The fraction of sp³-hybridized carbons (Fsp3) is 0.357. The average Bonchev–Trinajstić information content (AvgIpc) is 3.12. The number of likely N-dealkylation sites (tertiary alicyclic amines) is 1. The molecule has 2 aromatic carbocycles. The maximum atomic E-state index is 13.1. The van der Waals surface area contributed by atoms with Crippen LogP contribution in [0, 0.1) is 18.8 Å². The number of rotatable bonds is 5. The molecule has 0 bridgehead atoms. The molecule has 0 spiro atoms. The molecule has 0 unspecified atom stereocenters. The first-order valence-corrected chi connectivity index (χ1v) is 12.5. The fourth-order valence-corrected chi connectivity index (χ4v) is 4.43. The highest BCUT2D eigenvalue weighted by Crippen LogP contribution is 2.32. The van der Waals surface area contributed by atoms with E-state index in [-0.39, 0.29) is 5.91 Å². The number of halogens is 2. The van der Waals surface area contributed by atoms with Gasteiger partial charge in [-0.2, -0.15) is 5.10 Å². The van der Waals surface area contributed by atoms with E-state index in [0.717, 1.165) is 35.5 Å². The molecule has 1 aliphatic heterocycles. The lowest BCUT2D eigenvalue weighted by Crippen LogP contribution is -2.51. The second-order valence-electron chi connectivity index (χ2n) is 9.96. The van der Waals surface area contributed by atoms with Crippen LogP contribution in [0.5, 0.6) is 0 Å². The molecule has 0 aliphatic carbocycles. The van der Waals surface area contributed by atoms with E-state index >= 15 is 0 Å². The van der Waals surface area contributed by atoms with E-state index < -0.39 is 5.54 Å². The molecule has 1 fully saturated rings. The van der Waals surface area contributed by atoms with Gasteiger partial charge in [0.05, 0.1) is 29.1 Å². The van der Waals surface area contributed by atoms with Crippen molar-refractivity contribution >= 4 is 29.1 Å². The van der Waals surface area contributed by atoms with Crippen molar-refractivity contribution in [2.75, 3.05) is 26.7 Å². The third kappa shape index (κ3) is 5.93. The lowest BCUT2D eigenvalue weighted by Gasteiger charge is -2.36. The van der Waals surface area contributed by atoms with Crippen molar-refractivity contribution in [3.8, 4) is 28.8 Å². The second-order valence-corrected chi connectivity index (χ2v) is 10.8. The topological polar surface area (TPSA) is 59.4 Å². The van der Waals surface area contributed by atoms with Crippen LogP contribution in [0.3, 0.4) is 0 Å². The highest BCUT2D eigenvalue weighted by Gasteiger charge is 2.26. The summed E-state index contributed by atoms with van der Waals surface area (Å²) in [5.74, 6) is 6.14. The number of nitrogens with zero attached hydrogens (tertiary/aromatic N) is 3. The van der Waals surface area contributed by atoms with Gasteiger partial charge in [-0.05, 0) is 58.0 Å². The van der Waals surface area contributed by atoms with Gasteiger partial charge in [-0.25, -0.2) is 4.68 Å². The fourth-order valence-electron chi connectivity index (χ4n) is 4.04. The Morgan fingerprint density at radius 2 is 1.86 bits per heavy atom. The molecule has 188 valence electrons. The van der Waals surface area contributed by atoms with Crippen LogP contribution in [0.4, 0.5) is 0 Å². The Morgan fingerprint density at radius 3 is 2.47 bits per heavy atom. The van der Waals surface area contributed by atoms with Gasteiger partial charge in [-0.3, -0.25) is 9.69 Å². The number of nitrogens with one attached hydrogen (secondary N) is 1. The first-order chi connectivity index (χ1) is 17.1. The van der Waals surface area contributed by atoms with Crippen LogP contribution in [0.25, 0.3) is 16.9 Å². The minimum absolute atomic E-state index is 0.241. The smallest absolute Gasteiger partial charge is 0.272 e. The number of carbonyl (C=O) groups is 1. The molecule has 36 heavy (non-hydrogen) atoms. The number of aromatic nitrogens is 2. The van der Waals surface area contributed by atoms with Crippen molar-refractivity contribution in [1.29, 1.82) is 0 Å². The number of amides is 1. The SMILES string of the molecule is COC1CN(CC#Cc2ccc(-n3nc(C(=O)NC(C)(C)C)c(C)c3-c3ccc(Cl)cc3)c(Cl)c2)C1. The Labute approximate surface area is 222 Å². The van der Waals surface area contributed by atoms with Crippen molar-refractivity contribution in [3.63, 3.8) is 0 Å². The molecule has 3 aromatic rings. The lowest BCUT2D eigenvalue weighted by molar-refractivity contribution is -0.0222. The van der Waals surface area contributed by atoms with Crippen LogP contribution in [0.15, 0.2) is 42.5 Å². The maximum absolute atomic E-state index is 13.1. The van der Waals surface area contributed by atoms with Crippen molar-refractivity contribution in [2.45, 2.75) is 39.3 Å². The van der Waals surface area contributed by atoms with Crippen LogP contribution in [0.1, 0.15) is 42.4 Å². The zero-order valence-corrected chi connectivity index (χ0v) is 22.7. The van der Waals surface area contributed by atoms with Crippen molar-refractivity contribution in [1.82, 2.24) is 20.0 Å². The number of methoxy groups -OCH3 is 1. The summed E-state index contributed by atoms with van der Waals surface area (Å²) in [5.41, 5.74) is 3.83. The quantitative estimate of drug-likeness (QED) is 0.456. The minimum Gasteiger partial charge on any atom is -0.379 e. The summed E-state index contributed by atoms with van der Waals surface area (Å²) in [5, 5.41) is 8.83. The van der Waals surface area contributed by atoms with Gasteiger partial charge in [0, 0.05) is 47.5 Å². The average molecular weight is 525 g/mol. The number of hydrogen-bond donors (Lipinski definition) is 1. The van der Waals surface area contributed by atoms with Crippen molar-refractivity contribution in [2.24, 2.45) is 0 Å². The predicted molar refractivity (Wildman–Crippen MR) is 145 cm³/mol. The monoisotopic (exact) mass is 524 g/mol. The summed E-state index contributed by atoms with van der Waals surface area (Å²) < 4.78 is 7.02. The molecule has 1 N–H and O–H groups in total. The zero-order valence-electron chi connectivity index (χ0n) is 21.2. The summed E-state index contributed by atoms with van der Waals surface area (Å²) in [7, 11) is 1.73. The molecule has 1 aliphatic rings. The summed E-state index contributed by atoms with van der Waals surface area (Å²) in [4.78, 5) is 15.3. The highest BCUT2D eigenvalue weighted by molar-refractivity contribution is 6.32. The normalized spacial score (nSPS) is 14.2. The molecule has 0 radical (unpaired) electrons. The second kappa shape index (κ2) is 10.7. The van der Waals surface area contributed by atoms with Gasteiger partial charge >= 0.3 is 0 Å². The van der Waals surface area contributed by atoms with Gasteiger partial charge in [-0.15, -0.1) is 0 Å². The molecule has 6 nitrogen and oxygen atoms in total. The first-order valence-electron chi connectivity index (χ1n) is 11.8. The van der Waals surface area contributed by atoms with Crippen LogP contribution < -0.4 is 5.32 Å². The number of ether oxygens (including phenoxy) is 1. The molecule has 2 heterocycles. The predicted octanol–water partition coefficient (Wildman–Crippen LogP) is 5.36. The van der Waals surface area contributed by atoms with Crippen LogP contribution in [0.2, 0.25) is 10.0 Å². The van der Waals surface area contributed by atoms with Gasteiger partial charge in [0.25, 0.3) is 5.91 Å². The highest BCUT2D eigenvalue weighted by atomic mass is 35.5. The maximum Gasteiger partial charge on any atom is 0.272 e. The molecular formula is C28H30Cl2N4O2. The van der Waals surface area contributed by atoms with Gasteiger partial charge in [-0.1, -0.05) is 47.2 Å². The van der Waals surface area contributed by atoms with E-state index in [2.05, 4.69) is 22.1 Å². The summed E-state index contributed by atoms with van der Waals surface area (Å²) in [6, 6.07) is 13.1. The van der Waals surface area contributed by atoms with Gasteiger partial charge in [0.1, 0.15) is 0 Å². The third-order valence-electron chi connectivity index (χ3n) is 5.91. The van der Waals surface area contributed by atoms with Crippen LogP contribution >= 0.6 is 23.2 Å². The van der Waals surface area contributed by atoms with Crippen molar-refractivity contribution < 1.29 is 9.53 Å². The molecule has 1 aromatic heterocycles. The van der Waals surface area contributed by atoms with Crippen molar-refractivity contribution in [3.05, 3.63) is 69.3 Å². The number of benzene rings is 2. The van der Waals surface area contributed by atoms with Crippen LogP contribution in [-0.4, -0.2) is 59.0 Å².